The zero-order valence-corrected chi connectivity index (χ0v) is 12.5. The average Bonchev–Trinajstić information content (AvgIpc) is 2.94. The fourth-order valence-corrected chi connectivity index (χ4v) is 3.36. The van der Waals surface area contributed by atoms with Crippen LogP contribution in [0.25, 0.3) is 21.3 Å². The molecule has 1 aromatic carbocycles. The molecule has 0 spiro atoms. The molecule has 0 saturated carbocycles. The Bertz CT molecular complexity index is 702. The molecule has 0 radical (unpaired) electrons. The summed E-state index contributed by atoms with van der Waals surface area (Å²) in [5.74, 6) is 1.04. The molecule has 0 amide bonds. The van der Waals surface area contributed by atoms with Crippen molar-refractivity contribution in [1.82, 2.24) is 9.97 Å². The van der Waals surface area contributed by atoms with Crippen molar-refractivity contribution in [2.24, 2.45) is 0 Å². The standard InChI is InChI=1S/C16H17N3S/c1-3-19(4-2)15-14-13(12-8-6-5-7-9-12)10-20-16(14)18-11-17-15/h5-11H,3-4H2,1-2H3. The molecule has 0 aliphatic heterocycles. The normalized spacial score (nSPS) is 10.9. The Morgan fingerprint density at radius 3 is 2.50 bits per heavy atom. The number of rotatable bonds is 4. The fourth-order valence-electron chi connectivity index (χ4n) is 2.45. The number of benzene rings is 1. The lowest BCUT2D eigenvalue weighted by Gasteiger charge is -2.20. The summed E-state index contributed by atoms with van der Waals surface area (Å²) in [6.07, 6.45) is 1.67. The Kier molecular flexibility index (Phi) is 3.65. The lowest BCUT2D eigenvalue weighted by atomic mass is 10.1. The summed E-state index contributed by atoms with van der Waals surface area (Å²) < 4.78 is 0. The maximum atomic E-state index is 4.53. The topological polar surface area (TPSA) is 29.0 Å². The minimum atomic E-state index is 0.951. The molecule has 20 heavy (non-hydrogen) atoms. The van der Waals surface area contributed by atoms with Crippen molar-refractivity contribution in [2.45, 2.75) is 13.8 Å². The zero-order valence-electron chi connectivity index (χ0n) is 11.7. The first-order valence-corrected chi connectivity index (χ1v) is 7.75. The second-order valence-electron chi connectivity index (χ2n) is 4.57. The highest BCUT2D eigenvalue weighted by Gasteiger charge is 2.15. The van der Waals surface area contributed by atoms with E-state index in [0.717, 1.165) is 23.7 Å². The molecule has 2 aromatic heterocycles. The van der Waals surface area contributed by atoms with Crippen molar-refractivity contribution in [3.8, 4) is 11.1 Å². The molecule has 0 atom stereocenters. The number of nitrogens with zero attached hydrogens (tertiary/aromatic N) is 3. The smallest absolute Gasteiger partial charge is 0.141 e. The SMILES string of the molecule is CCN(CC)c1ncnc2scc(-c3ccccc3)c12. The minimum absolute atomic E-state index is 0.951. The fraction of sp³-hybridized carbons (Fsp3) is 0.250. The molecule has 3 rings (SSSR count). The van der Waals surface area contributed by atoms with E-state index in [1.165, 1.54) is 16.5 Å². The summed E-state index contributed by atoms with van der Waals surface area (Å²) >= 11 is 1.68. The maximum Gasteiger partial charge on any atom is 0.141 e. The molecular formula is C16H17N3S. The highest BCUT2D eigenvalue weighted by atomic mass is 32.1. The highest BCUT2D eigenvalue weighted by molar-refractivity contribution is 7.17. The van der Waals surface area contributed by atoms with E-state index in [-0.39, 0.29) is 0 Å². The van der Waals surface area contributed by atoms with Crippen molar-refractivity contribution >= 4 is 27.4 Å². The number of fused-ring (bicyclic) bond motifs is 1. The van der Waals surface area contributed by atoms with Crippen molar-refractivity contribution in [3.63, 3.8) is 0 Å². The molecule has 4 heteroatoms. The van der Waals surface area contributed by atoms with Gasteiger partial charge in [0.2, 0.25) is 0 Å². The van der Waals surface area contributed by atoms with Crippen molar-refractivity contribution in [1.29, 1.82) is 0 Å². The number of hydrogen-bond donors (Lipinski definition) is 0. The number of hydrogen-bond acceptors (Lipinski definition) is 4. The second-order valence-corrected chi connectivity index (χ2v) is 5.42. The van der Waals surface area contributed by atoms with E-state index in [1.807, 2.05) is 6.07 Å². The largest absolute Gasteiger partial charge is 0.357 e. The van der Waals surface area contributed by atoms with Crippen molar-refractivity contribution in [2.75, 3.05) is 18.0 Å². The van der Waals surface area contributed by atoms with Crippen LogP contribution >= 0.6 is 11.3 Å². The summed E-state index contributed by atoms with van der Waals surface area (Å²) in [5, 5.41) is 3.36. The summed E-state index contributed by atoms with van der Waals surface area (Å²) in [5.41, 5.74) is 2.45. The van der Waals surface area contributed by atoms with Crippen LogP contribution in [0.15, 0.2) is 42.0 Å². The maximum absolute atomic E-state index is 4.53. The Morgan fingerprint density at radius 2 is 1.80 bits per heavy atom. The lowest BCUT2D eigenvalue weighted by Crippen LogP contribution is -2.23. The molecule has 0 fully saturated rings. The van der Waals surface area contributed by atoms with Crippen LogP contribution < -0.4 is 4.90 Å². The van der Waals surface area contributed by atoms with Gasteiger partial charge in [0.05, 0.1) is 5.39 Å². The minimum Gasteiger partial charge on any atom is -0.357 e. The van der Waals surface area contributed by atoms with Crippen LogP contribution in [0.1, 0.15) is 13.8 Å². The van der Waals surface area contributed by atoms with Gasteiger partial charge in [0.15, 0.2) is 0 Å². The van der Waals surface area contributed by atoms with Crippen molar-refractivity contribution < 1.29 is 0 Å². The number of thiophene rings is 1. The highest BCUT2D eigenvalue weighted by Crippen LogP contribution is 2.37. The molecule has 2 heterocycles. The van der Waals surface area contributed by atoms with E-state index in [1.54, 1.807) is 17.7 Å². The Labute approximate surface area is 122 Å². The van der Waals surface area contributed by atoms with Gasteiger partial charge in [0.25, 0.3) is 0 Å². The molecule has 3 aromatic rings. The van der Waals surface area contributed by atoms with Gasteiger partial charge in [-0.25, -0.2) is 9.97 Å². The third-order valence-electron chi connectivity index (χ3n) is 3.50. The van der Waals surface area contributed by atoms with Gasteiger partial charge in [0, 0.05) is 24.0 Å². The van der Waals surface area contributed by atoms with Crippen LogP contribution in [0.5, 0.6) is 0 Å². The Morgan fingerprint density at radius 1 is 1.05 bits per heavy atom. The lowest BCUT2D eigenvalue weighted by molar-refractivity contribution is 0.849. The zero-order chi connectivity index (χ0) is 13.9. The summed E-state index contributed by atoms with van der Waals surface area (Å²) in [4.78, 5) is 12.3. The van der Waals surface area contributed by atoms with Crippen LogP contribution in [0, 0.1) is 0 Å². The van der Waals surface area contributed by atoms with Crippen LogP contribution in [-0.4, -0.2) is 23.1 Å². The molecule has 0 aliphatic carbocycles. The molecule has 0 bridgehead atoms. The van der Waals surface area contributed by atoms with Gasteiger partial charge >= 0.3 is 0 Å². The third kappa shape index (κ3) is 2.16. The predicted octanol–water partition coefficient (Wildman–Crippen LogP) is 4.20. The van der Waals surface area contributed by atoms with Crippen LogP contribution in [0.3, 0.4) is 0 Å². The van der Waals surface area contributed by atoms with E-state index < -0.39 is 0 Å². The number of aromatic nitrogens is 2. The van der Waals surface area contributed by atoms with E-state index in [9.17, 15) is 0 Å². The van der Waals surface area contributed by atoms with Crippen LogP contribution in [-0.2, 0) is 0 Å². The first kappa shape index (κ1) is 13.1. The summed E-state index contributed by atoms with van der Waals surface area (Å²) in [7, 11) is 0. The molecule has 102 valence electrons. The first-order chi connectivity index (χ1) is 9.85. The van der Waals surface area contributed by atoms with E-state index in [4.69, 9.17) is 0 Å². The van der Waals surface area contributed by atoms with Gasteiger partial charge in [-0.1, -0.05) is 30.3 Å². The molecule has 3 nitrogen and oxygen atoms in total. The monoisotopic (exact) mass is 283 g/mol. The molecule has 0 unspecified atom stereocenters. The third-order valence-corrected chi connectivity index (χ3v) is 4.38. The van der Waals surface area contributed by atoms with Gasteiger partial charge in [-0.15, -0.1) is 11.3 Å². The van der Waals surface area contributed by atoms with Crippen LogP contribution in [0.2, 0.25) is 0 Å². The quantitative estimate of drug-likeness (QED) is 0.718. The first-order valence-electron chi connectivity index (χ1n) is 6.87. The van der Waals surface area contributed by atoms with E-state index >= 15 is 0 Å². The van der Waals surface area contributed by atoms with Gasteiger partial charge in [-0.05, 0) is 19.4 Å². The van der Waals surface area contributed by atoms with Crippen molar-refractivity contribution in [3.05, 3.63) is 42.0 Å². The van der Waals surface area contributed by atoms with Gasteiger partial charge < -0.3 is 4.90 Å². The summed E-state index contributed by atoms with van der Waals surface area (Å²) in [6.45, 7) is 6.22. The van der Waals surface area contributed by atoms with Gasteiger partial charge in [0.1, 0.15) is 17.0 Å². The van der Waals surface area contributed by atoms with E-state index in [2.05, 4.69) is 58.4 Å². The number of anilines is 1. The molecule has 0 aliphatic rings. The summed E-state index contributed by atoms with van der Waals surface area (Å²) in [6, 6.07) is 10.5. The van der Waals surface area contributed by atoms with Crippen LogP contribution in [0.4, 0.5) is 5.82 Å². The molecular weight excluding hydrogens is 266 g/mol. The average molecular weight is 283 g/mol. The molecule has 0 N–H and O–H groups in total. The predicted molar refractivity (Wildman–Crippen MR) is 86.4 cm³/mol. The Balaban J connectivity index is 2.25. The van der Waals surface area contributed by atoms with Gasteiger partial charge in [-0.2, -0.15) is 0 Å². The van der Waals surface area contributed by atoms with E-state index in [0.29, 0.717) is 0 Å². The molecule has 0 saturated heterocycles. The van der Waals surface area contributed by atoms with Gasteiger partial charge in [-0.3, -0.25) is 0 Å². The second kappa shape index (κ2) is 5.59. The Hall–Kier alpha value is -1.94.